The van der Waals surface area contributed by atoms with Crippen molar-refractivity contribution >= 4 is 50.1 Å². The molecule has 4 heterocycles. The van der Waals surface area contributed by atoms with Gasteiger partial charge in [-0.3, -0.25) is 0 Å². The van der Waals surface area contributed by atoms with Crippen molar-refractivity contribution in [2.45, 2.75) is 23.7 Å². The lowest BCUT2D eigenvalue weighted by Gasteiger charge is -2.23. The van der Waals surface area contributed by atoms with Gasteiger partial charge in [0.1, 0.15) is 10.0 Å². The van der Waals surface area contributed by atoms with E-state index in [0.29, 0.717) is 19.5 Å². The third kappa shape index (κ3) is 4.79. The normalized spacial score (nSPS) is 16.3. The van der Waals surface area contributed by atoms with Crippen LogP contribution in [0.25, 0.3) is 10.6 Å². The van der Waals surface area contributed by atoms with Gasteiger partial charge in [-0.05, 0) is 31.5 Å². The molecule has 0 N–H and O–H groups in total. The molecule has 4 rings (SSSR count). The summed E-state index contributed by atoms with van der Waals surface area (Å²) in [5, 5.41) is 2.68. The van der Waals surface area contributed by atoms with E-state index >= 15 is 0 Å². The lowest BCUT2D eigenvalue weighted by atomic mass is 10.2. The van der Waals surface area contributed by atoms with Gasteiger partial charge in [-0.2, -0.15) is 17.5 Å². The Morgan fingerprint density at radius 1 is 1.16 bits per heavy atom. The second-order valence-electron chi connectivity index (χ2n) is 7.14. The van der Waals surface area contributed by atoms with Crippen molar-refractivity contribution in [1.29, 1.82) is 0 Å². The Morgan fingerprint density at radius 3 is 2.59 bits per heavy atom. The average molecular weight is 523 g/mol. The Labute approximate surface area is 196 Å². The monoisotopic (exact) mass is 522 g/mol. The summed E-state index contributed by atoms with van der Waals surface area (Å²) in [6, 6.07) is 4.18. The summed E-state index contributed by atoms with van der Waals surface area (Å²) >= 11 is 8.74. The summed E-state index contributed by atoms with van der Waals surface area (Å²) in [4.78, 5) is 10.8. The number of rotatable bonds is 4. The number of aromatic nitrogens is 2. The highest BCUT2D eigenvalue weighted by atomic mass is 35.5. The van der Waals surface area contributed by atoms with E-state index in [1.54, 1.807) is 17.0 Å². The molecule has 32 heavy (non-hydrogen) atoms. The maximum Gasteiger partial charge on any atom is 0.417 e. The first-order valence-electron chi connectivity index (χ1n) is 9.56. The topological polar surface area (TPSA) is 66.4 Å². The van der Waals surface area contributed by atoms with Gasteiger partial charge < -0.3 is 4.90 Å². The fraction of sp³-hybridized carbons (Fsp3) is 0.368. The highest BCUT2D eigenvalue weighted by Gasteiger charge is 2.33. The zero-order valence-corrected chi connectivity index (χ0v) is 20.0. The van der Waals surface area contributed by atoms with Crippen LogP contribution in [-0.4, -0.2) is 48.9 Å². The predicted octanol–water partition coefficient (Wildman–Crippen LogP) is 5.15. The first kappa shape index (κ1) is 23.4. The number of aryl methyl sites for hydroxylation is 1. The van der Waals surface area contributed by atoms with Crippen LogP contribution in [0.5, 0.6) is 0 Å². The van der Waals surface area contributed by atoms with Crippen molar-refractivity contribution in [1.82, 2.24) is 14.3 Å². The zero-order chi connectivity index (χ0) is 23.1. The molecule has 1 aliphatic rings. The molecule has 172 valence electrons. The molecule has 1 aliphatic heterocycles. The molecule has 0 atom stereocenters. The predicted molar refractivity (Wildman–Crippen MR) is 120 cm³/mol. The minimum atomic E-state index is -4.53. The van der Waals surface area contributed by atoms with Crippen LogP contribution < -0.4 is 4.90 Å². The summed E-state index contributed by atoms with van der Waals surface area (Å²) in [5.41, 5.74) is -0.168. The van der Waals surface area contributed by atoms with Crippen molar-refractivity contribution in [2.75, 3.05) is 31.1 Å². The van der Waals surface area contributed by atoms with Crippen LogP contribution >= 0.6 is 34.3 Å². The maximum atomic E-state index is 13.2. The fourth-order valence-corrected chi connectivity index (χ4v) is 7.23. The molecule has 0 spiro atoms. The SMILES string of the molecule is Cc1nc(-c2ccc(S(=O)(=O)N3CCCN(c4ncc(C(F)(F)F)cc4Cl)CC3)s2)cs1. The first-order valence-corrected chi connectivity index (χ1v) is 13.1. The number of pyridine rings is 1. The van der Waals surface area contributed by atoms with Crippen LogP contribution in [0.15, 0.2) is 34.0 Å². The molecule has 0 bridgehead atoms. The molecular formula is C19H18ClF3N4O2S3. The van der Waals surface area contributed by atoms with Gasteiger partial charge in [0, 0.05) is 37.8 Å². The van der Waals surface area contributed by atoms with Crippen LogP contribution in [-0.2, 0) is 16.2 Å². The molecule has 0 radical (unpaired) electrons. The van der Waals surface area contributed by atoms with E-state index in [1.807, 2.05) is 12.3 Å². The van der Waals surface area contributed by atoms with Crippen molar-refractivity contribution in [3.8, 4) is 10.6 Å². The van der Waals surface area contributed by atoms with Crippen molar-refractivity contribution in [3.63, 3.8) is 0 Å². The van der Waals surface area contributed by atoms with Gasteiger partial charge >= 0.3 is 6.18 Å². The van der Waals surface area contributed by atoms with Gasteiger partial charge in [-0.15, -0.1) is 22.7 Å². The Kier molecular flexibility index (Phi) is 6.52. The standard InChI is InChI=1S/C19H18ClF3N4O2S3/c1-12-25-15(11-30-12)16-3-4-17(31-16)32(28,29)27-6-2-5-26(7-8-27)18-14(20)9-13(10-24-18)19(21,22)23/h3-4,9-11H,2,5-8H2,1H3. The van der Waals surface area contributed by atoms with Gasteiger partial charge in [0.15, 0.2) is 0 Å². The van der Waals surface area contributed by atoms with Gasteiger partial charge in [0.25, 0.3) is 10.0 Å². The van der Waals surface area contributed by atoms with E-state index in [1.165, 1.54) is 27.0 Å². The third-order valence-corrected chi connectivity index (χ3v) is 9.48. The van der Waals surface area contributed by atoms with E-state index in [0.717, 1.165) is 27.8 Å². The van der Waals surface area contributed by atoms with Crippen LogP contribution in [0.2, 0.25) is 5.02 Å². The van der Waals surface area contributed by atoms with Crippen LogP contribution in [0.3, 0.4) is 0 Å². The molecular weight excluding hydrogens is 505 g/mol. The van der Waals surface area contributed by atoms with E-state index in [9.17, 15) is 21.6 Å². The van der Waals surface area contributed by atoms with E-state index in [2.05, 4.69) is 9.97 Å². The zero-order valence-electron chi connectivity index (χ0n) is 16.8. The van der Waals surface area contributed by atoms with E-state index in [4.69, 9.17) is 11.6 Å². The molecule has 0 aromatic carbocycles. The quantitative estimate of drug-likeness (QED) is 0.474. The smallest absolute Gasteiger partial charge is 0.354 e. The summed E-state index contributed by atoms with van der Waals surface area (Å²) in [6.45, 7) is 3.05. The molecule has 0 saturated carbocycles. The second-order valence-corrected chi connectivity index (χ2v) is 11.9. The molecule has 3 aromatic heterocycles. The fourth-order valence-electron chi connectivity index (χ4n) is 3.36. The number of thiophene rings is 1. The molecule has 1 fully saturated rings. The molecule has 0 aliphatic carbocycles. The lowest BCUT2D eigenvalue weighted by molar-refractivity contribution is -0.137. The van der Waals surface area contributed by atoms with Crippen LogP contribution in [0.4, 0.5) is 19.0 Å². The molecule has 6 nitrogen and oxygen atoms in total. The molecule has 1 saturated heterocycles. The van der Waals surface area contributed by atoms with Gasteiger partial charge in [0.2, 0.25) is 0 Å². The number of sulfonamides is 1. The Bertz CT molecular complexity index is 1230. The molecule has 13 heteroatoms. The highest BCUT2D eigenvalue weighted by molar-refractivity contribution is 7.91. The number of alkyl halides is 3. The Morgan fingerprint density at radius 2 is 1.94 bits per heavy atom. The molecule has 3 aromatic rings. The van der Waals surface area contributed by atoms with E-state index in [-0.39, 0.29) is 28.1 Å². The summed E-state index contributed by atoms with van der Waals surface area (Å²) in [6.07, 6.45) is -3.30. The first-order chi connectivity index (χ1) is 15.1. The molecule has 0 amide bonds. The van der Waals surface area contributed by atoms with Crippen molar-refractivity contribution in [2.24, 2.45) is 0 Å². The van der Waals surface area contributed by atoms with Crippen molar-refractivity contribution in [3.05, 3.63) is 45.4 Å². The average Bonchev–Trinajstić information content (AvgIpc) is 3.31. The summed E-state index contributed by atoms with van der Waals surface area (Å²) in [7, 11) is -3.71. The van der Waals surface area contributed by atoms with Gasteiger partial charge in [0.05, 0.1) is 26.2 Å². The highest BCUT2D eigenvalue weighted by Crippen LogP contribution is 2.35. The summed E-state index contributed by atoms with van der Waals surface area (Å²) < 4.78 is 66.6. The van der Waals surface area contributed by atoms with Crippen LogP contribution in [0.1, 0.15) is 17.0 Å². The Balaban J connectivity index is 1.50. The number of hydrogen-bond donors (Lipinski definition) is 0. The van der Waals surface area contributed by atoms with E-state index < -0.39 is 21.8 Å². The molecule has 0 unspecified atom stereocenters. The van der Waals surface area contributed by atoms with Crippen LogP contribution in [0, 0.1) is 6.92 Å². The number of hydrogen-bond acceptors (Lipinski definition) is 7. The number of thiazole rings is 1. The van der Waals surface area contributed by atoms with Gasteiger partial charge in [-0.1, -0.05) is 11.6 Å². The Hall–Kier alpha value is -1.73. The minimum absolute atomic E-state index is 0.113. The number of halogens is 4. The second kappa shape index (κ2) is 8.90. The summed E-state index contributed by atoms with van der Waals surface area (Å²) in [5.74, 6) is 0.219. The van der Waals surface area contributed by atoms with Crippen molar-refractivity contribution < 1.29 is 21.6 Å². The third-order valence-electron chi connectivity index (χ3n) is 4.95. The lowest BCUT2D eigenvalue weighted by Crippen LogP contribution is -2.35. The number of anilines is 1. The number of nitrogens with zero attached hydrogens (tertiary/aromatic N) is 4. The van der Waals surface area contributed by atoms with Gasteiger partial charge in [-0.25, -0.2) is 18.4 Å². The maximum absolute atomic E-state index is 13.2. The largest absolute Gasteiger partial charge is 0.417 e. The minimum Gasteiger partial charge on any atom is -0.354 e.